The molecule has 4 rings (SSSR count). The third kappa shape index (κ3) is 2.25. The van der Waals surface area contributed by atoms with Crippen molar-refractivity contribution in [2.75, 3.05) is 6.54 Å². The first-order chi connectivity index (χ1) is 12.5. The molecule has 0 aromatic heterocycles. The van der Waals surface area contributed by atoms with Crippen molar-refractivity contribution >= 4 is 34.4 Å². The predicted octanol–water partition coefficient (Wildman–Crippen LogP) is 2.91. The van der Waals surface area contributed by atoms with E-state index < -0.39 is 11.8 Å². The summed E-state index contributed by atoms with van der Waals surface area (Å²) >= 11 is 0. The Morgan fingerprint density at radius 2 is 1.23 bits per heavy atom. The molecule has 0 atom stereocenters. The summed E-state index contributed by atoms with van der Waals surface area (Å²) in [5, 5.41) is 4.28. The Hall–Kier alpha value is -3.02. The average molecular weight is 349 g/mol. The summed E-state index contributed by atoms with van der Waals surface area (Å²) in [6.07, 6.45) is 3.85. The van der Waals surface area contributed by atoms with Crippen LogP contribution < -0.4 is 5.32 Å². The quantitative estimate of drug-likeness (QED) is 0.613. The molecule has 0 spiro atoms. The van der Waals surface area contributed by atoms with Gasteiger partial charge in [-0.25, -0.2) is 0 Å². The second kappa shape index (κ2) is 6.05. The normalized spacial score (nSPS) is 15.7. The predicted molar refractivity (Wildman–Crippen MR) is 94.3 cm³/mol. The molecule has 131 valence electrons. The second-order valence-corrected chi connectivity index (χ2v) is 6.62. The average Bonchev–Trinajstić information content (AvgIpc) is 2.63. The number of amides is 4. The Balaban J connectivity index is 1.84. The van der Waals surface area contributed by atoms with E-state index in [4.69, 9.17) is 0 Å². The summed E-state index contributed by atoms with van der Waals surface area (Å²) in [4.78, 5) is 51.2. The molecule has 6 nitrogen and oxygen atoms in total. The molecular weight excluding hydrogens is 332 g/mol. The summed E-state index contributed by atoms with van der Waals surface area (Å²) in [6.45, 7) is 2.47. The van der Waals surface area contributed by atoms with Crippen molar-refractivity contribution in [2.45, 2.75) is 32.6 Å². The van der Waals surface area contributed by atoms with E-state index in [1.54, 1.807) is 12.1 Å². The van der Waals surface area contributed by atoms with Gasteiger partial charge in [0.05, 0.1) is 11.1 Å². The highest BCUT2D eigenvalue weighted by Crippen LogP contribution is 2.36. The SMILES string of the molecule is CCCCCCN1C(=O)c2ccc3c4c(ccc(c24)C1=O)C(=O)[N]C3=O. The topological polar surface area (TPSA) is 85.6 Å². The molecule has 1 radical (unpaired) electrons. The van der Waals surface area contributed by atoms with Crippen LogP contribution in [0, 0.1) is 0 Å². The minimum absolute atomic E-state index is 0.261. The number of rotatable bonds is 5. The summed E-state index contributed by atoms with van der Waals surface area (Å²) in [5.74, 6) is -2.00. The van der Waals surface area contributed by atoms with E-state index in [1.165, 1.54) is 17.0 Å². The van der Waals surface area contributed by atoms with Crippen LogP contribution in [0.2, 0.25) is 0 Å². The smallest absolute Gasteiger partial charge is 0.274 e. The Morgan fingerprint density at radius 1 is 0.731 bits per heavy atom. The first-order valence-electron chi connectivity index (χ1n) is 8.81. The van der Waals surface area contributed by atoms with E-state index in [9.17, 15) is 19.2 Å². The van der Waals surface area contributed by atoms with Gasteiger partial charge in [-0.3, -0.25) is 24.1 Å². The molecule has 2 aromatic rings. The number of carbonyl (C=O) groups is 4. The van der Waals surface area contributed by atoms with Crippen LogP contribution in [0.3, 0.4) is 0 Å². The van der Waals surface area contributed by atoms with E-state index in [-0.39, 0.29) is 22.9 Å². The Labute approximate surface area is 150 Å². The fourth-order valence-corrected chi connectivity index (χ4v) is 3.70. The van der Waals surface area contributed by atoms with E-state index in [0.717, 1.165) is 25.7 Å². The monoisotopic (exact) mass is 349 g/mol. The van der Waals surface area contributed by atoms with Crippen molar-refractivity contribution in [3.8, 4) is 0 Å². The highest BCUT2D eigenvalue weighted by atomic mass is 16.2. The standard InChI is InChI=1S/C20H17N2O4/c1-2-3-4-5-10-22-19(25)13-8-6-11-15-12(18(24)21-17(11)23)7-9-14(16(13)15)20(22)26/h6-9H,2-5,10H2,1H3. The van der Waals surface area contributed by atoms with Crippen molar-refractivity contribution in [1.82, 2.24) is 10.2 Å². The van der Waals surface area contributed by atoms with Crippen LogP contribution in [0.4, 0.5) is 0 Å². The fraction of sp³-hybridized carbons (Fsp3) is 0.300. The third-order valence-electron chi connectivity index (χ3n) is 5.01. The van der Waals surface area contributed by atoms with Gasteiger partial charge in [-0.2, -0.15) is 5.32 Å². The lowest BCUT2D eigenvalue weighted by Crippen LogP contribution is -2.41. The van der Waals surface area contributed by atoms with E-state index in [2.05, 4.69) is 12.2 Å². The van der Waals surface area contributed by atoms with Gasteiger partial charge in [0.2, 0.25) is 0 Å². The maximum Gasteiger partial charge on any atom is 0.281 e. The van der Waals surface area contributed by atoms with Crippen LogP contribution in [0.25, 0.3) is 10.8 Å². The molecular formula is C20H17N2O4. The van der Waals surface area contributed by atoms with Crippen LogP contribution in [0.5, 0.6) is 0 Å². The molecule has 0 N–H and O–H groups in total. The maximum absolute atomic E-state index is 12.9. The zero-order valence-electron chi connectivity index (χ0n) is 14.4. The van der Waals surface area contributed by atoms with Crippen LogP contribution in [0.1, 0.15) is 74.0 Å². The Bertz CT molecular complexity index is 924. The molecule has 2 aliphatic rings. The largest absolute Gasteiger partial charge is 0.281 e. The minimum Gasteiger partial charge on any atom is -0.274 e. The Kier molecular flexibility index (Phi) is 3.83. The van der Waals surface area contributed by atoms with Crippen molar-refractivity contribution in [2.24, 2.45) is 0 Å². The second-order valence-electron chi connectivity index (χ2n) is 6.62. The Morgan fingerprint density at radius 3 is 1.77 bits per heavy atom. The third-order valence-corrected chi connectivity index (χ3v) is 5.01. The van der Waals surface area contributed by atoms with Crippen LogP contribution >= 0.6 is 0 Å². The summed E-state index contributed by atoms with van der Waals surface area (Å²) in [7, 11) is 0. The molecule has 2 aliphatic heterocycles. The molecule has 0 aliphatic carbocycles. The lowest BCUT2D eigenvalue weighted by Gasteiger charge is -2.29. The van der Waals surface area contributed by atoms with Gasteiger partial charge in [-0.1, -0.05) is 26.2 Å². The number of unbranched alkanes of at least 4 members (excludes halogenated alkanes) is 3. The van der Waals surface area contributed by atoms with Crippen LogP contribution in [0.15, 0.2) is 24.3 Å². The molecule has 6 heteroatoms. The van der Waals surface area contributed by atoms with Crippen molar-refractivity contribution in [1.29, 1.82) is 0 Å². The lowest BCUT2D eigenvalue weighted by molar-refractivity contribution is 0.0606. The van der Waals surface area contributed by atoms with Gasteiger partial charge in [0.15, 0.2) is 0 Å². The first kappa shape index (κ1) is 16.4. The number of hydrogen-bond donors (Lipinski definition) is 0. The van der Waals surface area contributed by atoms with Crippen molar-refractivity contribution in [3.63, 3.8) is 0 Å². The molecule has 2 heterocycles. The molecule has 0 saturated heterocycles. The fourth-order valence-electron chi connectivity index (χ4n) is 3.70. The molecule has 0 bridgehead atoms. The zero-order chi connectivity index (χ0) is 18.4. The number of hydrogen-bond acceptors (Lipinski definition) is 4. The van der Waals surface area contributed by atoms with Crippen LogP contribution in [-0.2, 0) is 0 Å². The molecule has 2 aromatic carbocycles. The number of imide groups is 2. The van der Waals surface area contributed by atoms with Crippen LogP contribution in [-0.4, -0.2) is 35.1 Å². The van der Waals surface area contributed by atoms with Crippen molar-refractivity contribution in [3.05, 3.63) is 46.5 Å². The summed E-state index contributed by atoms with van der Waals surface area (Å²) in [6, 6.07) is 6.16. The highest BCUT2D eigenvalue weighted by Gasteiger charge is 2.37. The number of carbonyl (C=O) groups excluding carboxylic acids is 4. The number of benzene rings is 2. The first-order valence-corrected chi connectivity index (χ1v) is 8.81. The molecule has 0 saturated carbocycles. The molecule has 0 fully saturated rings. The van der Waals surface area contributed by atoms with Gasteiger partial charge in [-0.15, -0.1) is 0 Å². The molecule has 4 amide bonds. The lowest BCUT2D eigenvalue weighted by atomic mass is 9.86. The van der Waals surface area contributed by atoms with Gasteiger partial charge in [0.1, 0.15) is 0 Å². The van der Waals surface area contributed by atoms with E-state index >= 15 is 0 Å². The van der Waals surface area contributed by atoms with Gasteiger partial charge < -0.3 is 0 Å². The van der Waals surface area contributed by atoms with Gasteiger partial charge >= 0.3 is 0 Å². The number of nitrogens with zero attached hydrogens (tertiary/aromatic N) is 2. The van der Waals surface area contributed by atoms with E-state index in [0.29, 0.717) is 28.4 Å². The van der Waals surface area contributed by atoms with E-state index in [1.807, 2.05) is 0 Å². The van der Waals surface area contributed by atoms with Gasteiger partial charge in [0, 0.05) is 28.4 Å². The van der Waals surface area contributed by atoms with Gasteiger partial charge in [0.25, 0.3) is 23.6 Å². The molecule has 26 heavy (non-hydrogen) atoms. The maximum atomic E-state index is 12.9. The van der Waals surface area contributed by atoms with Gasteiger partial charge in [-0.05, 0) is 30.7 Å². The summed E-state index contributed by atoms with van der Waals surface area (Å²) < 4.78 is 0. The summed E-state index contributed by atoms with van der Waals surface area (Å²) in [5.41, 5.74) is 1.24. The zero-order valence-corrected chi connectivity index (χ0v) is 14.4. The molecule has 0 unspecified atom stereocenters. The highest BCUT2D eigenvalue weighted by molar-refractivity contribution is 6.33. The minimum atomic E-state index is -0.631. The van der Waals surface area contributed by atoms with Crippen molar-refractivity contribution < 1.29 is 19.2 Å².